The number of hydrogen-bond acceptors (Lipinski definition) is 7. The Hall–Kier alpha value is -4.84. The van der Waals surface area contributed by atoms with Crippen LogP contribution in [-0.2, 0) is 16.2 Å². The number of ether oxygens (including phenoxy) is 1. The molecule has 0 radical (unpaired) electrons. The second-order valence-corrected chi connectivity index (χ2v) is 8.62. The summed E-state index contributed by atoms with van der Waals surface area (Å²) in [6.07, 6.45) is 1.27. The summed E-state index contributed by atoms with van der Waals surface area (Å²) < 4.78 is 6.49. The fraction of sp³-hybridized carbons (Fsp3) is 0.0400. The van der Waals surface area contributed by atoms with Crippen molar-refractivity contribution in [3.05, 3.63) is 104 Å². The molecule has 37 heavy (non-hydrogen) atoms. The number of hydrogen-bond donors (Lipinski definition) is 2. The van der Waals surface area contributed by atoms with E-state index in [0.29, 0.717) is 26.2 Å². The standard InChI is InChI=1S/C25H16BrN3O8/c26-17-5-10-21(37-13-14-1-3-15(4-2-14)24(32)33)16(11-17)12-20-22(30)27-25(34)28(23(20)31)18-6-8-19(9-7-18)29(35)36/h1-12H,13H2,(H,32,33)(H,27,30,34)/b20-12+. The average Bonchev–Trinajstić information content (AvgIpc) is 2.86. The van der Waals surface area contributed by atoms with Gasteiger partial charge in [0, 0.05) is 22.2 Å². The first-order valence-corrected chi connectivity index (χ1v) is 11.3. The molecule has 0 aromatic heterocycles. The summed E-state index contributed by atoms with van der Waals surface area (Å²) in [5.74, 6) is -2.57. The number of nitrogens with zero attached hydrogens (tertiary/aromatic N) is 2. The molecule has 0 spiro atoms. The van der Waals surface area contributed by atoms with E-state index in [-0.39, 0.29) is 29.1 Å². The molecular formula is C25H16BrN3O8. The van der Waals surface area contributed by atoms with Crippen LogP contribution in [0.2, 0.25) is 0 Å². The highest BCUT2D eigenvalue weighted by Crippen LogP contribution is 2.29. The zero-order valence-corrected chi connectivity index (χ0v) is 20.3. The predicted molar refractivity (Wildman–Crippen MR) is 134 cm³/mol. The molecule has 4 amide bonds. The molecular weight excluding hydrogens is 550 g/mol. The zero-order valence-electron chi connectivity index (χ0n) is 18.7. The van der Waals surface area contributed by atoms with Gasteiger partial charge in [0.15, 0.2) is 0 Å². The van der Waals surface area contributed by atoms with E-state index in [1.807, 2.05) is 0 Å². The highest BCUT2D eigenvalue weighted by Gasteiger charge is 2.37. The second kappa shape index (κ2) is 10.4. The molecule has 4 rings (SSSR count). The molecule has 1 aliphatic heterocycles. The fourth-order valence-electron chi connectivity index (χ4n) is 3.44. The van der Waals surface area contributed by atoms with Crippen LogP contribution in [0.25, 0.3) is 6.08 Å². The lowest BCUT2D eigenvalue weighted by Crippen LogP contribution is -2.54. The topological polar surface area (TPSA) is 156 Å². The number of carbonyl (C=O) groups is 4. The molecule has 3 aromatic carbocycles. The Labute approximate surface area is 217 Å². The van der Waals surface area contributed by atoms with Crippen LogP contribution in [0.3, 0.4) is 0 Å². The highest BCUT2D eigenvalue weighted by molar-refractivity contribution is 9.10. The summed E-state index contributed by atoms with van der Waals surface area (Å²) in [5, 5.41) is 22.0. The maximum absolute atomic E-state index is 13.2. The third-order valence-corrected chi connectivity index (χ3v) is 5.78. The third-order valence-electron chi connectivity index (χ3n) is 5.29. The maximum Gasteiger partial charge on any atom is 0.335 e. The minimum absolute atomic E-state index is 0.0435. The van der Waals surface area contributed by atoms with E-state index in [2.05, 4.69) is 21.2 Å². The number of urea groups is 1. The van der Waals surface area contributed by atoms with Crippen LogP contribution in [0.5, 0.6) is 5.75 Å². The molecule has 12 heteroatoms. The van der Waals surface area contributed by atoms with Gasteiger partial charge in [-0.2, -0.15) is 0 Å². The van der Waals surface area contributed by atoms with E-state index in [1.165, 1.54) is 30.3 Å². The van der Waals surface area contributed by atoms with E-state index < -0.39 is 28.7 Å². The highest BCUT2D eigenvalue weighted by atomic mass is 79.9. The van der Waals surface area contributed by atoms with Gasteiger partial charge in [0.25, 0.3) is 17.5 Å². The molecule has 1 fully saturated rings. The van der Waals surface area contributed by atoms with Crippen LogP contribution in [-0.4, -0.2) is 33.8 Å². The van der Waals surface area contributed by atoms with E-state index in [9.17, 15) is 29.3 Å². The van der Waals surface area contributed by atoms with E-state index in [4.69, 9.17) is 9.84 Å². The quantitative estimate of drug-likeness (QED) is 0.186. The van der Waals surface area contributed by atoms with Gasteiger partial charge in [0.1, 0.15) is 17.9 Å². The molecule has 0 aliphatic carbocycles. The number of carboxylic acid groups (broad SMARTS) is 1. The number of amides is 4. The Morgan fingerprint density at radius 1 is 1.05 bits per heavy atom. The first kappa shape index (κ1) is 25.3. The first-order chi connectivity index (χ1) is 17.6. The lowest BCUT2D eigenvalue weighted by atomic mass is 10.1. The van der Waals surface area contributed by atoms with Crippen LogP contribution in [0.15, 0.2) is 76.8 Å². The van der Waals surface area contributed by atoms with Crippen LogP contribution in [0, 0.1) is 10.1 Å². The molecule has 1 heterocycles. The Morgan fingerprint density at radius 3 is 2.35 bits per heavy atom. The smallest absolute Gasteiger partial charge is 0.335 e. The van der Waals surface area contributed by atoms with E-state index >= 15 is 0 Å². The molecule has 3 aromatic rings. The number of nitro groups is 1. The molecule has 1 aliphatic rings. The van der Waals surface area contributed by atoms with Crippen molar-refractivity contribution in [3.63, 3.8) is 0 Å². The number of carboxylic acids is 1. The number of anilines is 1. The predicted octanol–water partition coefficient (Wildman–Crippen LogP) is 4.30. The molecule has 0 unspecified atom stereocenters. The number of non-ortho nitro benzene ring substituents is 1. The van der Waals surface area contributed by atoms with Gasteiger partial charge in [0.2, 0.25) is 0 Å². The first-order valence-electron chi connectivity index (χ1n) is 10.5. The number of rotatable bonds is 7. The minimum Gasteiger partial charge on any atom is -0.488 e. The molecule has 0 saturated carbocycles. The monoisotopic (exact) mass is 565 g/mol. The second-order valence-electron chi connectivity index (χ2n) is 7.70. The van der Waals surface area contributed by atoms with E-state index in [0.717, 1.165) is 12.1 Å². The Kier molecular flexibility index (Phi) is 7.11. The van der Waals surface area contributed by atoms with Crippen molar-refractivity contribution in [3.8, 4) is 5.75 Å². The van der Waals surface area contributed by atoms with Crippen LogP contribution >= 0.6 is 15.9 Å². The number of halogens is 1. The Morgan fingerprint density at radius 2 is 1.73 bits per heavy atom. The molecule has 0 bridgehead atoms. The lowest BCUT2D eigenvalue weighted by molar-refractivity contribution is -0.384. The number of nitrogens with one attached hydrogen (secondary N) is 1. The minimum atomic E-state index is -1.05. The van der Waals surface area contributed by atoms with Crippen molar-refractivity contribution in [2.45, 2.75) is 6.61 Å². The number of aromatic carboxylic acids is 1. The van der Waals surface area contributed by atoms with Crippen molar-refractivity contribution in [1.29, 1.82) is 0 Å². The van der Waals surface area contributed by atoms with Crippen molar-refractivity contribution in [1.82, 2.24) is 5.32 Å². The largest absolute Gasteiger partial charge is 0.488 e. The summed E-state index contributed by atoms with van der Waals surface area (Å²) in [5.41, 5.74) is 0.635. The molecule has 186 valence electrons. The van der Waals surface area contributed by atoms with Gasteiger partial charge in [-0.1, -0.05) is 28.1 Å². The SMILES string of the molecule is O=C1NC(=O)N(c2ccc([N+](=O)[O-])cc2)C(=O)/C1=C/c1cc(Br)ccc1OCc1ccc(C(=O)O)cc1. The van der Waals surface area contributed by atoms with Crippen LogP contribution < -0.4 is 15.0 Å². The zero-order chi connectivity index (χ0) is 26.7. The normalized spacial score (nSPS) is 14.5. The summed E-state index contributed by atoms with van der Waals surface area (Å²) in [7, 11) is 0. The maximum atomic E-state index is 13.2. The molecule has 0 atom stereocenters. The van der Waals surface area contributed by atoms with Crippen molar-refractivity contribution in [2.75, 3.05) is 4.90 Å². The van der Waals surface area contributed by atoms with Gasteiger partial charge in [0.05, 0.1) is 16.2 Å². The van der Waals surface area contributed by atoms with Gasteiger partial charge in [-0.05, 0) is 54.1 Å². The van der Waals surface area contributed by atoms with Gasteiger partial charge in [-0.3, -0.25) is 25.0 Å². The van der Waals surface area contributed by atoms with Crippen molar-refractivity contribution in [2.24, 2.45) is 0 Å². The number of barbiturate groups is 1. The summed E-state index contributed by atoms with van der Waals surface area (Å²) in [6, 6.07) is 14.8. The van der Waals surface area contributed by atoms with Crippen molar-refractivity contribution >= 4 is 57.2 Å². The van der Waals surface area contributed by atoms with Crippen LogP contribution in [0.4, 0.5) is 16.2 Å². The number of carbonyl (C=O) groups excluding carboxylic acids is 3. The van der Waals surface area contributed by atoms with Crippen LogP contribution in [0.1, 0.15) is 21.5 Å². The summed E-state index contributed by atoms with van der Waals surface area (Å²) >= 11 is 3.34. The lowest BCUT2D eigenvalue weighted by Gasteiger charge is -2.26. The number of benzene rings is 3. The van der Waals surface area contributed by atoms with E-state index in [1.54, 1.807) is 30.3 Å². The number of nitro benzene ring substituents is 1. The van der Waals surface area contributed by atoms with Gasteiger partial charge >= 0.3 is 12.0 Å². The van der Waals surface area contributed by atoms with Gasteiger partial charge in [-0.25, -0.2) is 14.5 Å². The molecule has 1 saturated heterocycles. The Balaban J connectivity index is 1.63. The fourth-order valence-corrected chi connectivity index (χ4v) is 3.82. The number of imide groups is 2. The molecule has 2 N–H and O–H groups in total. The summed E-state index contributed by atoms with van der Waals surface area (Å²) in [6.45, 7) is 0.0747. The summed E-state index contributed by atoms with van der Waals surface area (Å²) in [4.78, 5) is 60.2. The average molecular weight is 566 g/mol. The van der Waals surface area contributed by atoms with Gasteiger partial charge < -0.3 is 9.84 Å². The third kappa shape index (κ3) is 5.54. The van der Waals surface area contributed by atoms with Crippen molar-refractivity contribution < 1.29 is 33.9 Å². The van der Waals surface area contributed by atoms with Gasteiger partial charge in [-0.15, -0.1) is 0 Å². The Bertz CT molecular complexity index is 1470. The molecule has 11 nitrogen and oxygen atoms in total.